The predicted octanol–water partition coefficient (Wildman–Crippen LogP) is 0.664. The molecule has 0 radical (unpaired) electrons. The highest BCUT2D eigenvalue weighted by Crippen LogP contribution is 2.34. The van der Waals surface area contributed by atoms with Crippen molar-refractivity contribution in [3.63, 3.8) is 0 Å². The largest absolute Gasteiger partial charge is 0.338 e. The Labute approximate surface area is 134 Å². The van der Waals surface area contributed by atoms with E-state index >= 15 is 0 Å². The molecule has 1 saturated carbocycles. The number of nitrogens with two attached hydrogens (primary N) is 1. The second-order valence-corrected chi connectivity index (χ2v) is 8.18. The molecule has 2 N–H and O–H groups in total. The number of piperazine rings is 1. The number of rotatable bonds is 3. The molecule has 1 aromatic rings. The summed E-state index contributed by atoms with van der Waals surface area (Å²) in [6.45, 7) is 1.29. The van der Waals surface area contributed by atoms with Crippen LogP contribution in [0.5, 0.6) is 0 Å². The summed E-state index contributed by atoms with van der Waals surface area (Å²) in [5, 5.41) is 0.383. The molecule has 6 nitrogen and oxygen atoms in total. The second kappa shape index (κ2) is 5.49. The van der Waals surface area contributed by atoms with Crippen molar-refractivity contribution < 1.29 is 13.2 Å². The SMILES string of the molecule is NC1(C(=O)N2CCN(S(=O)(=O)c3cccc(Cl)c3)CC2)CC1. The van der Waals surface area contributed by atoms with Gasteiger partial charge in [0.1, 0.15) is 0 Å². The quantitative estimate of drug-likeness (QED) is 0.874. The summed E-state index contributed by atoms with van der Waals surface area (Å²) in [5.74, 6) is -0.0627. The first-order valence-corrected chi connectivity index (χ1v) is 8.99. The zero-order valence-electron chi connectivity index (χ0n) is 12.0. The van der Waals surface area contributed by atoms with E-state index in [1.165, 1.54) is 16.4 Å². The Morgan fingerprint density at radius 1 is 1.18 bits per heavy atom. The minimum Gasteiger partial charge on any atom is -0.338 e. The number of carbonyl (C=O) groups excluding carboxylic acids is 1. The van der Waals surface area contributed by atoms with Crippen LogP contribution >= 0.6 is 11.6 Å². The van der Waals surface area contributed by atoms with Gasteiger partial charge in [0.15, 0.2) is 0 Å². The molecule has 2 fully saturated rings. The van der Waals surface area contributed by atoms with Gasteiger partial charge in [-0.05, 0) is 31.0 Å². The average molecular weight is 344 g/mol. The molecule has 1 heterocycles. The molecule has 2 aliphatic rings. The van der Waals surface area contributed by atoms with Crippen LogP contribution in [0.3, 0.4) is 0 Å². The van der Waals surface area contributed by atoms with E-state index in [0.717, 1.165) is 0 Å². The lowest BCUT2D eigenvalue weighted by Gasteiger charge is -2.35. The Balaban J connectivity index is 1.69. The third-order valence-electron chi connectivity index (χ3n) is 4.17. The van der Waals surface area contributed by atoms with Gasteiger partial charge in [-0.1, -0.05) is 17.7 Å². The second-order valence-electron chi connectivity index (χ2n) is 5.81. The molecule has 8 heteroatoms. The fraction of sp³-hybridized carbons (Fsp3) is 0.500. The van der Waals surface area contributed by atoms with Gasteiger partial charge >= 0.3 is 0 Å². The number of nitrogens with zero attached hydrogens (tertiary/aromatic N) is 2. The molecule has 0 spiro atoms. The van der Waals surface area contributed by atoms with E-state index in [1.807, 2.05) is 0 Å². The Bertz CT molecular complexity index is 695. The van der Waals surface area contributed by atoms with Crippen LogP contribution in [0.1, 0.15) is 12.8 Å². The van der Waals surface area contributed by atoms with Gasteiger partial charge < -0.3 is 10.6 Å². The summed E-state index contributed by atoms with van der Waals surface area (Å²) in [6, 6.07) is 6.21. The fourth-order valence-corrected chi connectivity index (χ4v) is 4.30. The molecule has 120 valence electrons. The molecule has 3 rings (SSSR count). The molecule has 1 saturated heterocycles. The van der Waals surface area contributed by atoms with Gasteiger partial charge in [0, 0.05) is 31.2 Å². The smallest absolute Gasteiger partial charge is 0.243 e. The van der Waals surface area contributed by atoms with Gasteiger partial charge in [-0.15, -0.1) is 0 Å². The lowest BCUT2D eigenvalue weighted by molar-refractivity contribution is -0.134. The van der Waals surface area contributed by atoms with Gasteiger partial charge in [0.2, 0.25) is 15.9 Å². The van der Waals surface area contributed by atoms with Gasteiger partial charge in [-0.25, -0.2) is 8.42 Å². The molecule has 1 aliphatic carbocycles. The van der Waals surface area contributed by atoms with E-state index in [0.29, 0.717) is 31.0 Å². The number of halogens is 1. The van der Waals surface area contributed by atoms with Crippen molar-refractivity contribution in [2.75, 3.05) is 26.2 Å². The minimum atomic E-state index is -3.57. The highest BCUT2D eigenvalue weighted by atomic mass is 35.5. The monoisotopic (exact) mass is 343 g/mol. The van der Waals surface area contributed by atoms with Crippen molar-refractivity contribution in [3.8, 4) is 0 Å². The van der Waals surface area contributed by atoms with E-state index in [-0.39, 0.29) is 23.9 Å². The third kappa shape index (κ3) is 2.86. The number of hydrogen-bond donors (Lipinski definition) is 1. The molecule has 1 amide bonds. The van der Waals surface area contributed by atoms with E-state index in [4.69, 9.17) is 17.3 Å². The summed E-state index contributed by atoms with van der Waals surface area (Å²) >= 11 is 5.86. The van der Waals surface area contributed by atoms with Crippen molar-refractivity contribution in [1.82, 2.24) is 9.21 Å². The van der Waals surface area contributed by atoms with Gasteiger partial charge in [-0.2, -0.15) is 4.31 Å². The third-order valence-corrected chi connectivity index (χ3v) is 6.30. The first-order chi connectivity index (χ1) is 10.3. The van der Waals surface area contributed by atoms with E-state index in [9.17, 15) is 13.2 Å². The summed E-state index contributed by atoms with van der Waals surface area (Å²) in [7, 11) is -3.57. The van der Waals surface area contributed by atoms with Crippen molar-refractivity contribution >= 4 is 27.5 Å². The van der Waals surface area contributed by atoms with Crippen molar-refractivity contribution in [3.05, 3.63) is 29.3 Å². The van der Waals surface area contributed by atoms with Crippen LogP contribution in [0.4, 0.5) is 0 Å². The van der Waals surface area contributed by atoms with Crippen LogP contribution in [0.25, 0.3) is 0 Å². The van der Waals surface area contributed by atoms with E-state index in [1.54, 1.807) is 17.0 Å². The van der Waals surface area contributed by atoms with Gasteiger partial charge in [0.05, 0.1) is 10.4 Å². The number of hydrogen-bond acceptors (Lipinski definition) is 4. The Morgan fingerprint density at radius 3 is 2.36 bits per heavy atom. The summed E-state index contributed by atoms with van der Waals surface area (Å²) in [4.78, 5) is 14.0. The summed E-state index contributed by atoms with van der Waals surface area (Å²) in [5.41, 5.74) is 5.21. The maximum absolute atomic E-state index is 12.6. The van der Waals surface area contributed by atoms with E-state index in [2.05, 4.69) is 0 Å². The van der Waals surface area contributed by atoms with Crippen LogP contribution in [0, 0.1) is 0 Å². The van der Waals surface area contributed by atoms with Crippen LogP contribution in [-0.2, 0) is 14.8 Å². The molecule has 0 unspecified atom stereocenters. The van der Waals surface area contributed by atoms with Gasteiger partial charge in [-0.3, -0.25) is 4.79 Å². The number of carbonyl (C=O) groups is 1. The Kier molecular flexibility index (Phi) is 3.92. The van der Waals surface area contributed by atoms with Crippen molar-refractivity contribution in [2.24, 2.45) is 5.73 Å². The topological polar surface area (TPSA) is 83.7 Å². The molecular formula is C14H18ClN3O3S. The Morgan fingerprint density at radius 2 is 1.82 bits per heavy atom. The maximum Gasteiger partial charge on any atom is 0.243 e. The minimum absolute atomic E-state index is 0.0627. The lowest BCUT2D eigenvalue weighted by atomic mass is 10.2. The number of sulfonamides is 1. The van der Waals surface area contributed by atoms with Crippen LogP contribution < -0.4 is 5.73 Å². The molecule has 0 bridgehead atoms. The zero-order valence-corrected chi connectivity index (χ0v) is 13.6. The molecule has 1 aromatic carbocycles. The Hall–Kier alpha value is -1.15. The van der Waals surface area contributed by atoms with Crippen LogP contribution in [-0.4, -0.2) is 55.2 Å². The number of amides is 1. The normalized spacial score (nSPS) is 21.6. The zero-order chi connectivity index (χ0) is 16.0. The summed E-state index contributed by atoms with van der Waals surface area (Å²) in [6.07, 6.45) is 1.43. The first kappa shape index (κ1) is 15.7. The van der Waals surface area contributed by atoms with Crippen molar-refractivity contribution in [1.29, 1.82) is 0 Å². The van der Waals surface area contributed by atoms with Crippen LogP contribution in [0.15, 0.2) is 29.2 Å². The predicted molar refractivity (Wildman–Crippen MR) is 82.9 cm³/mol. The highest BCUT2D eigenvalue weighted by molar-refractivity contribution is 7.89. The van der Waals surface area contributed by atoms with Crippen molar-refractivity contribution in [2.45, 2.75) is 23.3 Å². The molecule has 22 heavy (non-hydrogen) atoms. The average Bonchev–Trinajstić information content (AvgIpc) is 3.26. The summed E-state index contributed by atoms with van der Waals surface area (Å²) < 4.78 is 26.5. The first-order valence-electron chi connectivity index (χ1n) is 7.17. The van der Waals surface area contributed by atoms with E-state index < -0.39 is 15.6 Å². The molecule has 1 aliphatic heterocycles. The van der Waals surface area contributed by atoms with Crippen LogP contribution in [0.2, 0.25) is 5.02 Å². The standard InChI is InChI=1S/C14H18ClN3O3S/c15-11-2-1-3-12(10-11)22(20,21)18-8-6-17(7-9-18)13(19)14(16)4-5-14/h1-3,10H,4-9,16H2. The van der Waals surface area contributed by atoms with Gasteiger partial charge in [0.25, 0.3) is 0 Å². The maximum atomic E-state index is 12.6. The number of benzene rings is 1. The molecule has 0 aromatic heterocycles. The molecule has 0 atom stereocenters. The molecular weight excluding hydrogens is 326 g/mol. The fourth-order valence-electron chi connectivity index (χ4n) is 2.57. The highest BCUT2D eigenvalue weighted by Gasteiger charge is 2.48. The lowest BCUT2D eigenvalue weighted by Crippen LogP contribution is -2.55.